The van der Waals surface area contributed by atoms with Gasteiger partial charge in [-0.05, 0) is 35.4 Å². The Hall–Kier alpha value is -2.51. The van der Waals surface area contributed by atoms with Gasteiger partial charge in [-0.2, -0.15) is 8.42 Å². The van der Waals surface area contributed by atoms with Crippen molar-refractivity contribution in [2.75, 3.05) is 0 Å². The lowest BCUT2D eigenvalue weighted by atomic mass is 10.1. The summed E-state index contributed by atoms with van der Waals surface area (Å²) in [5.74, 6) is -0.266. The first kappa shape index (κ1) is 14.9. The van der Waals surface area contributed by atoms with Crippen LogP contribution >= 0.6 is 0 Å². The van der Waals surface area contributed by atoms with E-state index in [1.807, 2.05) is 0 Å². The predicted octanol–water partition coefficient (Wildman–Crippen LogP) is 2.45. The van der Waals surface area contributed by atoms with E-state index >= 15 is 0 Å². The van der Waals surface area contributed by atoms with Gasteiger partial charge in [0, 0.05) is 6.07 Å². The average molecular weight is 308 g/mol. The Morgan fingerprint density at radius 1 is 0.857 bits per heavy atom. The first-order valence-electron chi connectivity index (χ1n) is 5.80. The molecule has 3 N–H and O–H groups in total. The van der Waals surface area contributed by atoms with Crippen molar-refractivity contribution in [3.8, 4) is 17.2 Å². The molecular weight excluding hydrogens is 296 g/mol. The van der Waals surface area contributed by atoms with E-state index in [0.29, 0.717) is 5.56 Å². The second-order valence-corrected chi connectivity index (χ2v) is 5.22. The van der Waals surface area contributed by atoms with Crippen LogP contribution in [0.25, 0.3) is 12.2 Å². The van der Waals surface area contributed by atoms with E-state index < -0.39 is 10.4 Å². The highest BCUT2D eigenvalue weighted by Gasteiger charge is 2.08. The van der Waals surface area contributed by atoms with Crippen LogP contribution in [0.4, 0.5) is 0 Å². The van der Waals surface area contributed by atoms with Crippen molar-refractivity contribution in [3.05, 3.63) is 53.6 Å². The number of benzene rings is 2. The molecule has 0 radical (unpaired) electrons. The predicted molar refractivity (Wildman–Crippen MR) is 77.3 cm³/mol. The lowest BCUT2D eigenvalue weighted by molar-refractivity contribution is 0.385. The molecule has 0 aliphatic rings. The second-order valence-electron chi connectivity index (χ2n) is 4.20. The normalized spacial score (nSPS) is 11.7. The molecule has 2 aromatic carbocycles. The summed E-state index contributed by atoms with van der Waals surface area (Å²) in [6.07, 6.45) is 3.31. The molecule has 0 saturated carbocycles. The third kappa shape index (κ3) is 4.83. The van der Waals surface area contributed by atoms with E-state index in [9.17, 15) is 13.5 Å². The monoisotopic (exact) mass is 308 g/mol. The van der Waals surface area contributed by atoms with Crippen LogP contribution in [-0.2, 0) is 10.4 Å². The molecule has 2 aromatic rings. The van der Waals surface area contributed by atoms with Crippen molar-refractivity contribution in [3.63, 3.8) is 0 Å². The largest absolute Gasteiger partial charge is 0.508 e. The Morgan fingerprint density at radius 3 is 2.10 bits per heavy atom. The Bertz CT molecular complexity index is 763. The Morgan fingerprint density at radius 2 is 1.48 bits per heavy atom. The second kappa shape index (κ2) is 5.86. The topological polar surface area (TPSA) is 104 Å². The molecule has 0 aliphatic carbocycles. The van der Waals surface area contributed by atoms with Gasteiger partial charge in [0.1, 0.15) is 17.2 Å². The molecule has 0 atom stereocenters. The van der Waals surface area contributed by atoms with Crippen LogP contribution in [-0.4, -0.2) is 23.2 Å². The molecule has 7 heteroatoms. The quantitative estimate of drug-likeness (QED) is 0.592. The Labute approximate surface area is 121 Å². The van der Waals surface area contributed by atoms with Crippen LogP contribution in [0.15, 0.2) is 42.5 Å². The summed E-state index contributed by atoms with van der Waals surface area (Å²) in [6, 6.07) is 10.2. The summed E-state index contributed by atoms with van der Waals surface area (Å²) in [6.45, 7) is 0. The van der Waals surface area contributed by atoms with E-state index in [1.54, 1.807) is 24.3 Å². The van der Waals surface area contributed by atoms with Crippen molar-refractivity contribution >= 4 is 22.6 Å². The van der Waals surface area contributed by atoms with Gasteiger partial charge in [0.2, 0.25) is 0 Å². The molecule has 0 amide bonds. The average Bonchev–Trinajstić information content (AvgIpc) is 2.35. The van der Waals surface area contributed by atoms with Crippen LogP contribution < -0.4 is 4.18 Å². The number of rotatable bonds is 4. The summed E-state index contributed by atoms with van der Waals surface area (Å²) in [4.78, 5) is 0. The van der Waals surface area contributed by atoms with Gasteiger partial charge in [0.15, 0.2) is 0 Å². The molecule has 6 nitrogen and oxygen atoms in total. The standard InChI is InChI=1S/C14H12O6S/c15-12-5-3-10(4-6-12)1-2-11-7-13(16)9-14(8-11)20-21(17,18)19/h1-9,15-16H,(H,17,18,19)/b2-1-. The fourth-order valence-corrected chi connectivity index (χ4v) is 1.99. The maximum absolute atomic E-state index is 10.6. The minimum Gasteiger partial charge on any atom is -0.508 e. The fourth-order valence-electron chi connectivity index (χ4n) is 1.65. The molecular formula is C14H12O6S. The molecule has 0 fully saturated rings. The first-order valence-corrected chi connectivity index (χ1v) is 7.16. The number of phenols is 2. The lowest BCUT2D eigenvalue weighted by Gasteiger charge is -2.04. The Kier molecular flexibility index (Phi) is 4.15. The van der Waals surface area contributed by atoms with Gasteiger partial charge < -0.3 is 14.4 Å². The zero-order valence-corrected chi connectivity index (χ0v) is 11.5. The Balaban J connectivity index is 2.25. The smallest absolute Gasteiger partial charge is 0.446 e. The zero-order valence-electron chi connectivity index (χ0n) is 10.7. The maximum atomic E-state index is 10.6. The third-order valence-electron chi connectivity index (χ3n) is 2.48. The van der Waals surface area contributed by atoms with Gasteiger partial charge in [0.25, 0.3) is 0 Å². The van der Waals surface area contributed by atoms with Crippen LogP contribution in [0.2, 0.25) is 0 Å². The van der Waals surface area contributed by atoms with Crippen LogP contribution in [0.3, 0.4) is 0 Å². The van der Waals surface area contributed by atoms with E-state index in [0.717, 1.165) is 11.6 Å². The van der Waals surface area contributed by atoms with Crippen molar-refractivity contribution < 1.29 is 27.4 Å². The first-order chi connectivity index (χ1) is 9.82. The highest BCUT2D eigenvalue weighted by Crippen LogP contribution is 2.24. The van der Waals surface area contributed by atoms with Crippen molar-refractivity contribution in [2.24, 2.45) is 0 Å². The van der Waals surface area contributed by atoms with E-state index in [2.05, 4.69) is 4.18 Å². The fraction of sp³-hybridized carbons (Fsp3) is 0. The zero-order chi connectivity index (χ0) is 15.5. The molecule has 0 spiro atoms. The van der Waals surface area contributed by atoms with Gasteiger partial charge in [-0.1, -0.05) is 24.3 Å². The molecule has 0 unspecified atom stereocenters. The lowest BCUT2D eigenvalue weighted by Crippen LogP contribution is -2.06. The number of aromatic hydroxyl groups is 2. The van der Waals surface area contributed by atoms with Crippen molar-refractivity contribution in [2.45, 2.75) is 0 Å². The molecule has 110 valence electrons. The van der Waals surface area contributed by atoms with Gasteiger partial charge in [0.05, 0.1) is 0 Å². The molecule has 0 saturated heterocycles. The minimum absolute atomic E-state index is 0.147. The molecule has 0 aliphatic heterocycles. The minimum atomic E-state index is -4.65. The number of hydrogen-bond donors (Lipinski definition) is 3. The summed E-state index contributed by atoms with van der Waals surface area (Å²) in [5, 5.41) is 18.7. The highest BCUT2D eigenvalue weighted by molar-refractivity contribution is 7.81. The van der Waals surface area contributed by atoms with Crippen molar-refractivity contribution in [1.82, 2.24) is 0 Å². The molecule has 0 bridgehead atoms. The molecule has 21 heavy (non-hydrogen) atoms. The third-order valence-corrected chi connectivity index (χ3v) is 2.88. The van der Waals surface area contributed by atoms with E-state index in [4.69, 9.17) is 9.66 Å². The number of hydrogen-bond acceptors (Lipinski definition) is 5. The molecule has 0 aromatic heterocycles. The van der Waals surface area contributed by atoms with Crippen LogP contribution in [0.5, 0.6) is 17.2 Å². The van der Waals surface area contributed by atoms with Gasteiger partial charge in [-0.25, -0.2) is 0 Å². The maximum Gasteiger partial charge on any atom is 0.446 e. The summed E-state index contributed by atoms with van der Waals surface area (Å²) < 4.78 is 34.2. The van der Waals surface area contributed by atoms with E-state index in [1.165, 1.54) is 24.3 Å². The highest BCUT2D eigenvalue weighted by atomic mass is 32.3. The van der Waals surface area contributed by atoms with Gasteiger partial charge in [-0.3, -0.25) is 4.55 Å². The van der Waals surface area contributed by atoms with Crippen LogP contribution in [0.1, 0.15) is 11.1 Å². The van der Waals surface area contributed by atoms with Gasteiger partial charge in [-0.15, -0.1) is 0 Å². The molecule has 2 rings (SSSR count). The van der Waals surface area contributed by atoms with E-state index in [-0.39, 0.29) is 17.2 Å². The SMILES string of the molecule is O=S(=O)(O)Oc1cc(O)cc(/C=C\c2ccc(O)cc2)c1. The van der Waals surface area contributed by atoms with Gasteiger partial charge >= 0.3 is 10.4 Å². The molecule has 0 heterocycles. The number of phenolic OH excluding ortho intramolecular Hbond substituents is 2. The summed E-state index contributed by atoms with van der Waals surface area (Å²) >= 11 is 0. The summed E-state index contributed by atoms with van der Waals surface area (Å²) in [5.41, 5.74) is 1.27. The summed E-state index contributed by atoms with van der Waals surface area (Å²) in [7, 11) is -4.65. The van der Waals surface area contributed by atoms with Crippen LogP contribution in [0, 0.1) is 0 Å². The van der Waals surface area contributed by atoms with Crippen molar-refractivity contribution in [1.29, 1.82) is 0 Å².